The monoisotopic (exact) mass is 335 g/mol. The van der Waals surface area contributed by atoms with Crippen molar-refractivity contribution in [2.75, 3.05) is 6.54 Å². The lowest BCUT2D eigenvalue weighted by atomic mass is 10.2. The lowest BCUT2D eigenvalue weighted by Crippen LogP contribution is -2.11. The van der Waals surface area contributed by atoms with Crippen molar-refractivity contribution in [2.45, 2.75) is 24.1 Å². The van der Waals surface area contributed by atoms with Crippen molar-refractivity contribution in [2.24, 2.45) is 0 Å². The average molecular weight is 336 g/mol. The molecule has 2 aromatic carbocycles. The third kappa shape index (κ3) is 5.01. The highest BCUT2D eigenvalue weighted by molar-refractivity contribution is 9.10. The molecule has 0 atom stereocenters. The molecule has 0 bridgehead atoms. The first-order chi connectivity index (χ1) is 9.28. The van der Waals surface area contributed by atoms with Crippen LogP contribution in [0.2, 0.25) is 0 Å². The zero-order valence-electron chi connectivity index (χ0n) is 11.0. The van der Waals surface area contributed by atoms with E-state index >= 15 is 0 Å². The molecule has 0 aromatic heterocycles. The van der Waals surface area contributed by atoms with Gasteiger partial charge in [0.15, 0.2) is 0 Å². The van der Waals surface area contributed by atoms with Gasteiger partial charge in [-0.1, -0.05) is 47.1 Å². The minimum absolute atomic E-state index is 0.951. The van der Waals surface area contributed by atoms with E-state index in [1.807, 2.05) is 11.8 Å². The van der Waals surface area contributed by atoms with Crippen molar-refractivity contribution < 1.29 is 0 Å². The maximum atomic E-state index is 3.51. The van der Waals surface area contributed by atoms with E-state index in [1.54, 1.807) is 0 Å². The lowest BCUT2D eigenvalue weighted by Gasteiger charge is -2.05. The molecular formula is C16H18BrNS. The molecule has 0 aliphatic heterocycles. The summed E-state index contributed by atoms with van der Waals surface area (Å²) in [6.07, 6.45) is 0. The lowest BCUT2D eigenvalue weighted by molar-refractivity contribution is 0.726. The Morgan fingerprint density at radius 1 is 1.05 bits per heavy atom. The zero-order valence-corrected chi connectivity index (χ0v) is 13.4. The highest BCUT2D eigenvalue weighted by Gasteiger charge is 1.98. The molecule has 2 aromatic rings. The molecule has 0 saturated heterocycles. The van der Waals surface area contributed by atoms with Gasteiger partial charge in [0.2, 0.25) is 0 Å². The smallest absolute Gasteiger partial charge is 0.0232 e. The topological polar surface area (TPSA) is 12.0 Å². The Kier molecular flexibility index (Phi) is 5.95. The molecule has 0 radical (unpaired) electrons. The number of hydrogen-bond donors (Lipinski definition) is 1. The fraction of sp³-hybridized carbons (Fsp3) is 0.250. The summed E-state index contributed by atoms with van der Waals surface area (Å²) in [6.45, 7) is 4.09. The number of rotatable bonds is 6. The summed E-state index contributed by atoms with van der Waals surface area (Å²) in [5.41, 5.74) is 2.68. The fourth-order valence-electron chi connectivity index (χ4n) is 1.77. The van der Waals surface area contributed by atoms with Gasteiger partial charge in [-0.2, -0.15) is 0 Å². The predicted molar refractivity (Wildman–Crippen MR) is 87.5 cm³/mol. The van der Waals surface area contributed by atoms with E-state index in [0.29, 0.717) is 0 Å². The first-order valence-electron chi connectivity index (χ1n) is 6.45. The van der Waals surface area contributed by atoms with Crippen LogP contribution in [0.15, 0.2) is 57.9 Å². The van der Waals surface area contributed by atoms with E-state index in [9.17, 15) is 0 Å². The molecular weight excluding hydrogens is 318 g/mol. The van der Waals surface area contributed by atoms with Crippen molar-refractivity contribution in [1.82, 2.24) is 5.32 Å². The second-order valence-corrected chi connectivity index (χ2v) is 6.31. The molecule has 19 heavy (non-hydrogen) atoms. The van der Waals surface area contributed by atoms with Gasteiger partial charge in [-0.05, 0) is 41.9 Å². The van der Waals surface area contributed by atoms with Gasteiger partial charge in [-0.15, -0.1) is 11.8 Å². The maximum absolute atomic E-state index is 3.51. The van der Waals surface area contributed by atoms with Crippen LogP contribution in [-0.2, 0) is 12.3 Å². The Labute approximate surface area is 127 Å². The molecule has 0 amide bonds. The van der Waals surface area contributed by atoms with Gasteiger partial charge in [0.05, 0.1) is 0 Å². The van der Waals surface area contributed by atoms with Crippen LogP contribution in [0.4, 0.5) is 0 Å². The second-order valence-electron chi connectivity index (χ2n) is 4.34. The van der Waals surface area contributed by atoms with Crippen LogP contribution < -0.4 is 5.32 Å². The third-order valence-electron chi connectivity index (χ3n) is 2.80. The van der Waals surface area contributed by atoms with Crippen molar-refractivity contribution in [3.8, 4) is 0 Å². The normalized spacial score (nSPS) is 10.6. The van der Waals surface area contributed by atoms with Crippen LogP contribution in [0.3, 0.4) is 0 Å². The highest BCUT2D eigenvalue weighted by Crippen LogP contribution is 2.24. The number of thioether (sulfide) groups is 1. The third-order valence-corrected chi connectivity index (χ3v) is 4.37. The molecule has 0 aliphatic carbocycles. The van der Waals surface area contributed by atoms with Crippen molar-refractivity contribution in [3.05, 3.63) is 64.1 Å². The van der Waals surface area contributed by atoms with Crippen LogP contribution in [-0.4, -0.2) is 6.54 Å². The van der Waals surface area contributed by atoms with Gasteiger partial charge in [0.1, 0.15) is 0 Å². The summed E-state index contributed by atoms with van der Waals surface area (Å²) in [5, 5.41) is 3.34. The van der Waals surface area contributed by atoms with Crippen LogP contribution in [0.1, 0.15) is 18.1 Å². The summed E-state index contributed by atoms with van der Waals surface area (Å²) >= 11 is 5.38. The molecule has 0 saturated carbocycles. The van der Waals surface area contributed by atoms with Gasteiger partial charge in [-0.25, -0.2) is 0 Å². The van der Waals surface area contributed by atoms with E-state index in [1.165, 1.54) is 16.0 Å². The Morgan fingerprint density at radius 2 is 1.84 bits per heavy atom. The largest absolute Gasteiger partial charge is 0.313 e. The Balaban J connectivity index is 1.89. The minimum atomic E-state index is 0.951. The summed E-state index contributed by atoms with van der Waals surface area (Å²) in [4.78, 5) is 1.32. The van der Waals surface area contributed by atoms with Crippen LogP contribution in [0.5, 0.6) is 0 Å². The van der Waals surface area contributed by atoms with E-state index in [-0.39, 0.29) is 0 Å². The Morgan fingerprint density at radius 3 is 2.53 bits per heavy atom. The maximum Gasteiger partial charge on any atom is 0.0232 e. The van der Waals surface area contributed by atoms with Gasteiger partial charge in [0, 0.05) is 21.7 Å². The molecule has 3 heteroatoms. The molecule has 100 valence electrons. The van der Waals surface area contributed by atoms with Crippen molar-refractivity contribution >= 4 is 27.7 Å². The summed E-state index contributed by atoms with van der Waals surface area (Å²) in [7, 11) is 0. The fourth-order valence-corrected chi connectivity index (χ4v) is 3.05. The Hall–Kier alpha value is -0.770. The molecule has 0 aliphatic rings. The van der Waals surface area contributed by atoms with Gasteiger partial charge in [-0.3, -0.25) is 0 Å². The van der Waals surface area contributed by atoms with E-state index < -0.39 is 0 Å². The summed E-state index contributed by atoms with van der Waals surface area (Å²) in [5.74, 6) is 1.01. The van der Waals surface area contributed by atoms with Gasteiger partial charge >= 0.3 is 0 Å². The molecule has 0 heterocycles. The van der Waals surface area contributed by atoms with Gasteiger partial charge < -0.3 is 5.32 Å². The van der Waals surface area contributed by atoms with Crippen molar-refractivity contribution in [3.63, 3.8) is 0 Å². The summed E-state index contributed by atoms with van der Waals surface area (Å²) in [6, 6.07) is 17.3. The van der Waals surface area contributed by atoms with E-state index in [2.05, 4.69) is 76.7 Å². The first kappa shape index (κ1) is 14.6. The number of hydrogen-bond acceptors (Lipinski definition) is 2. The van der Waals surface area contributed by atoms with Crippen molar-refractivity contribution in [1.29, 1.82) is 0 Å². The predicted octanol–water partition coefficient (Wildman–Crippen LogP) is 4.85. The zero-order chi connectivity index (χ0) is 13.5. The first-order valence-corrected chi connectivity index (χ1v) is 8.22. The molecule has 0 fully saturated rings. The van der Waals surface area contributed by atoms with Crippen LogP contribution in [0.25, 0.3) is 0 Å². The van der Waals surface area contributed by atoms with E-state index in [0.717, 1.165) is 23.3 Å². The van der Waals surface area contributed by atoms with Crippen LogP contribution >= 0.6 is 27.7 Å². The Bertz CT molecular complexity index is 510. The number of benzene rings is 2. The average Bonchev–Trinajstić information content (AvgIpc) is 2.44. The second kappa shape index (κ2) is 7.73. The standard InChI is InChI=1S/C16H18BrNS/c1-2-18-11-13-6-8-16(9-7-13)19-12-14-4-3-5-15(17)10-14/h3-10,18H,2,11-12H2,1H3. The SMILES string of the molecule is CCNCc1ccc(SCc2cccc(Br)c2)cc1. The molecule has 1 N–H and O–H groups in total. The quantitative estimate of drug-likeness (QED) is 0.757. The van der Waals surface area contributed by atoms with E-state index in [4.69, 9.17) is 0 Å². The number of halogens is 1. The molecule has 0 spiro atoms. The molecule has 0 unspecified atom stereocenters. The summed E-state index contributed by atoms with van der Waals surface area (Å²) < 4.78 is 1.14. The highest BCUT2D eigenvalue weighted by atomic mass is 79.9. The van der Waals surface area contributed by atoms with Gasteiger partial charge in [0.25, 0.3) is 0 Å². The molecule has 1 nitrogen and oxygen atoms in total. The number of nitrogens with one attached hydrogen (secondary N) is 1. The molecule has 2 rings (SSSR count). The van der Waals surface area contributed by atoms with Crippen LogP contribution in [0, 0.1) is 0 Å². The minimum Gasteiger partial charge on any atom is -0.313 e.